The molecule has 2 aromatic rings. The first kappa shape index (κ1) is 15.5. The maximum atomic E-state index is 12.4. The largest absolute Gasteiger partial charge is 0.384 e. The van der Waals surface area contributed by atoms with Gasteiger partial charge in [0.25, 0.3) is 5.91 Å². The molecule has 4 nitrogen and oxygen atoms in total. The van der Waals surface area contributed by atoms with Crippen molar-refractivity contribution in [1.82, 2.24) is 4.98 Å². The molecular formula is C16H18N2O2S. The van der Waals surface area contributed by atoms with Crippen molar-refractivity contribution in [3.05, 3.63) is 53.7 Å². The highest BCUT2D eigenvalue weighted by atomic mass is 32.2. The molecule has 5 heteroatoms. The molecule has 1 amide bonds. The van der Waals surface area contributed by atoms with Gasteiger partial charge in [-0.3, -0.25) is 4.79 Å². The SMILES string of the molecule is COCCSc1ccccc1C(=O)Nc1cc(C)ccn1. The highest BCUT2D eigenvalue weighted by Gasteiger charge is 2.12. The van der Waals surface area contributed by atoms with E-state index in [-0.39, 0.29) is 5.91 Å². The minimum absolute atomic E-state index is 0.145. The van der Waals surface area contributed by atoms with E-state index in [4.69, 9.17) is 4.74 Å². The van der Waals surface area contributed by atoms with E-state index < -0.39 is 0 Å². The lowest BCUT2D eigenvalue weighted by Gasteiger charge is -2.09. The van der Waals surface area contributed by atoms with Gasteiger partial charge in [-0.2, -0.15) is 0 Å². The number of hydrogen-bond donors (Lipinski definition) is 1. The Kier molecular flexibility index (Phi) is 5.78. The third kappa shape index (κ3) is 4.58. The summed E-state index contributed by atoms with van der Waals surface area (Å²) in [5.74, 6) is 1.23. The first-order valence-corrected chi connectivity index (χ1v) is 7.64. The Bertz CT molecular complexity index is 617. The van der Waals surface area contributed by atoms with Crippen LogP contribution in [-0.4, -0.2) is 30.4 Å². The molecule has 110 valence electrons. The van der Waals surface area contributed by atoms with Crippen LogP contribution in [0.2, 0.25) is 0 Å². The zero-order valence-corrected chi connectivity index (χ0v) is 12.9. The molecule has 0 saturated carbocycles. The van der Waals surface area contributed by atoms with E-state index in [1.54, 1.807) is 25.1 Å². The molecule has 0 saturated heterocycles. The van der Waals surface area contributed by atoms with E-state index in [9.17, 15) is 4.79 Å². The molecule has 1 aromatic carbocycles. The van der Waals surface area contributed by atoms with Crippen molar-refractivity contribution in [2.24, 2.45) is 0 Å². The molecule has 0 aliphatic heterocycles. The zero-order chi connectivity index (χ0) is 15.1. The number of carbonyl (C=O) groups excluding carboxylic acids is 1. The Morgan fingerprint density at radius 2 is 2.14 bits per heavy atom. The van der Waals surface area contributed by atoms with Crippen LogP contribution in [-0.2, 0) is 4.74 Å². The fourth-order valence-electron chi connectivity index (χ4n) is 1.80. The Morgan fingerprint density at radius 1 is 1.33 bits per heavy atom. The number of amides is 1. The summed E-state index contributed by atoms with van der Waals surface area (Å²) in [6, 6.07) is 11.3. The summed E-state index contributed by atoms with van der Waals surface area (Å²) in [6.07, 6.45) is 1.68. The number of rotatable bonds is 6. The molecular weight excluding hydrogens is 284 g/mol. The lowest BCUT2D eigenvalue weighted by atomic mass is 10.2. The van der Waals surface area contributed by atoms with Crippen LogP contribution < -0.4 is 5.32 Å². The van der Waals surface area contributed by atoms with E-state index in [2.05, 4.69) is 10.3 Å². The van der Waals surface area contributed by atoms with Crippen LogP contribution in [0, 0.1) is 6.92 Å². The minimum Gasteiger partial charge on any atom is -0.384 e. The van der Waals surface area contributed by atoms with Crippen LogP contribution in [0.25, 0.3) is 0 Å². The summed E-state index contributed by atoms with van der Waals surface area (Å²) < 4.78 is 5.04. The topological polar surface area (TPSA) is 51.2 Å². The van der Waals surface area contributed by atoms with Crippen molar-refractivity contribution < 1.29 is 9.53 Å². The third-order valence-corrected chi connectivity index (χ3v) is 3.87. The normalized spacial score (nSPS) is 10.4. The van der Waals surface area contributed by atoms with Crippen molar-refractivity contribution in [3.63, 3.8) is 0 Å². The molecule has 0 fully saturated rings. The van der Waals surface area contributed by atoms with Gasteiger partial charge in [-0.05, 0) is 36.8 Å². The summed E-state index contributed by atoms with van der Waals surface area (Å²) in [4.78, 5) is 17.5. The van der Waals surface area contributed by atoms with Crippen LogP contribution in [0.1, 0.15) is 15.9 Å². The number of benzene rings is 1. The lowest BCUT2D eigenvalue weighted by Crippen LogP contribution is -2.14. The second-order valence-corrected chi connectivity index (χ2v) is 5.65. The number of carbonyl (C=O) groups is 1. The van der Waals surface area contributed by atoms with Crippen LogP contribution in [0.15, 0.2) is 47.5 Å². The van der Waals surface area contributed by atoms with Gasteiger partial charge < -0.3 is 10.1 Å². The molecule has 0 aliphatic rings. The van der Waals surface area contributed by atoms with E-state index in [1.807, 2.05) is 43.3 Å². The zero-order valence-electron chi connectivity index (χ0n) is 12.1. The first-order valence-electron chi connectivity index (χ1n) is 6.65. The molecule has 0 atom stereocenters. The van der Waals surface area contributed by atoms with Crippen molar-refractivity contribution in [2.45, 2.75) is 11.8 Å². The summed E-state index contributed by atoms with van der Waals surface area (Å²) in [6.45, 7) is 2.62. The first-order chi connectivity index (χ1) is 10.2. The Labute approximate surface area is 128 Å². The van der Waals surface area contributed by atoms with Crippen molar-refractivity contribution in [1.29, 1.82) is 0 Å². The number of methoxy groups -OCH3 is 1. The second kappa shape index (κ2) is 7.81. The molecule has 0 radical (unpaired) electrons. The highest BCUT2D eigenvalue weighted by molar-refractivity contribution is 7.99. The monoisotopic (exact) mass is 302 g/mol. The quantitative estimate of drug-likeness (QED) is 0.656. The minimum atomic E-state index is -0.145. The van der Waals surface area contributed by atoms with Gasteiger partial charge in [-0.25, -0.2) is 4.98 Å². The summed E-state index contributed by atoms with van der Waals surface area (Å²) in [5.41, 5.74) is 1.71. The number of pyridine rings is 1. The maximum Gasteiger partial charge on any atom is 0.257 e. The number of thioether (sulfide) groups is 1. The smallest absolute Gasteiger partial charge is 0.257 e. The molecule has 0 spiro atoms. The van der Waals surface area contributed by atoms with Crippen molar-refractivity contribution in [3.8, 4) is 0 Å². The van der Waals surface area contributed by atoms with E-state index in [0.29, 0.717) is 18.0 Å². The Hall–Kier alpha value is -1.85. The van der Waals surface area contributed by atoms with Gasteiger partial charge in [-0.15, -0.1) is 11.8 Å². The lowest BCUT2D eigenvalue weighted by molar-refractivity contribution is 0.102. The van der Waals surface area contributed by atoms with Gasteiger partial charge in [0.05, 0.1) is 12.2 Å². The molecule has 0 unspecified atom stereocenters. The Balaban J connectivity index is 2.11. The van der Waals surface area contributed by atoms with E-state index >= 15 is 0 Å². The standard InChI is InChI=1S/C16H18N2O2S/c1-12-7-8-17-15(11-12)18-16(19)13-5-3-4-6-14(13)21-10-9-20-2/h3-8,11H,9-10H2,1-2H3,(H,17,18,19). The van der Waals surface area contributed by atoms with Crippen LogP contribution in [0.5, 0.6) is 0 Å². The van der Waals surface area contributed by atoms with Crippen LogP contribution in [0.4, 0.5) is 5.82 Å². The number of nitrogens with one attached hydrogen (secondary N) is 1. The number of aryl methyl sites for hydroxylation is 1. The summed E-state index contributed by atoms with van der Waals surface area (Å²) in [5, 5.41) is 2.84. The predicted octanol–water partition coefficient (Wildman–Crippen LogP) is 3.38. The predicted molar refractivity (Wildman–Crippen MR) is 86.0 cm³/mol. The highest BCUT2D eigenvalue weighted by Crippen LogP contribution is 2.23. The average Bonchev–Trinajstić information content (AvgIpc) is 2.48. The van der Waals surface area contributed by atoms with Crippen LogP contribution >= 0.6 is 11.8 Å². The Morgan fingerprint density at radius 3 is 2.90 bits per heavy atom. The molecule has 1 heterocycles. The molecule has 2 rings (SSSR count). The molecule has 0 aliphatic carbocycles. The number of nitrogens with zero attached hydrogens (tertiary/aromatic N) is 1. The van der Waals surface area contributed by atoms with E-state index in [1.165, 1.54) is 0 Å². The number of hydrogen-bond acceptors (Lipinski definition) is 4. The second-order valence-electron chi connectivity index (χ2n) is 4.51. The third-order valence-electron chi connectivity index (χ3n) is 2.83. The number of anilines is 1. The summed E-state index contributed by atoms with van der Waals surface area (Å²) >= 11 is 1.61. The number of aromatic nitrogens is 1. The van der Waals surface area contributed by atoms with Crippen molar-refractivity contribution >= 4 is 23.5 Å². The van der Waals surface area contributed by atoms with E-state index in [0.717, 1.165) is 16.2 Å². The van der Waals surface area contributed by atoms with Gasteiger partial charge >= 0.3 is 0 Å². The van der Waals surface area contributed by atoms with Gasteiger partial charge in [0.15, 0.2) is 0 Å². The molecule has 21 heavy (non-hydrogen) atoms. The summed E-state index contributed by atoms with van der Waals surface area (Å²) in [7, 11) is 1.67. The molecule has 1 N–H and O–H groups in total. The average molecular weight is 302 g/mol. The molecule has 1 aromatic heterocycles. The van der Waals surface area contributed by atoms with Gasteiger partial charge in [0, 0.05) is 24.0 Å². The number of ether oxygens (including phenoxy) is 1. The van der Waals surface area contributed by atoms with Crippen LogP contribution in [0.3, 0.4) is 0 Å². The van der Waals surface area contributed by atoms with Gasteiger partial charge in [0.2, 0.25) is 0 Å². The van der Waals surface area contributed by atoms with Gasteiger partial charge in [-0.1, -0.05) is 12.1 Å². The van der Waals surface area contributed by atoms with Crippen molar-refractivity contribution in [2.75, 3.05) is 24.8 Å². The van der Waals surface area contributed by atoms with Gasteiger partial charge in [0.1, 0.15) is 5.82 Å². The fraction of sp³-hybridized carbons (Fsp3) is 0.250. The fourth-order valence-corrected chi connectivity index (χ4v) is 2.76. The maximum absolute atomic E-state index is 12.4. The molecule has 0 bridgehead atoms.